The molecule has 0 radical (unpaired) electrons. The Morgan fingerprint density at radius 3 is 2.73 bits per heavy atom. The maximum absolute atomic E-state index is 13.7. The third kappa shape index (κ3) is 3.23. The van der Waals surface area contributed by atoms with Crippen molar-refractivity contribution < 1.29 is 23.0 Å². The Hall–Kier alpha value is -3.00. The molecule has 0 fully saturated rings. The van der Waals surface area contributed by atoms with E-state index in [4.69, 9.17) is 9.47 Å². The molecule has 2 heterocycles. The fourth-order valence-electron chi connectivity index (χ4n) is 2.50. The summed E-state index contributed by atoms with van der Waals surface area (Å²) < 4.78 is 37.9. The van der Waals surface area contributed by atoms with Crippen LogP contribution in [-0.2, 0) is 0 Å². The number of hydrogen-bond acceptors (Lipinski definition) is 5. The molecule has 8 heteroatoms. The molecule has 0 aliphatic carbocycles. The lowest BCUT2D eigenvalue weighted by atomic mass is 10.1. The number of anilines is 1. The number of amides is 1. The number of benzene rings is 2. The second-order valence-corrected chi connectivity index (χ2v) is 6.33. The first-order valence-electron chi connectivity index (χ1n) is 7.72. The molecule has 0 saturated heterocycles. The Labute approximate surface area is 151 Å². The van der Waals surface area contributed by atoms with Crippen LogP contribution in [0, 0.1) is 11.6 Å². The first-order chi connectivity index (χ1) is 12.6. The van der Waals surface area contributed by atoms with Gasteiger partial charge < -0.3 is 9.47 Å². The molecule has 1 aliphatic rings. The Morgan fingerprint density at radius 2 is 1.88 bits per heavy atom. The zero-order valence-corrected chi connectivity index (χ0v) is 14.1. The molecule has 1 N–H and O–H groups in total. The zero-order valence-electron chi connectivity index (χ0n) is 13.3. The van der Waals surface area contributed by atoms with Crippen molar-refractivity contribution in [1.82, 2.24) is 4.98 Å². The van der Waals surface area contributed by atoms with Crippen molar-refractivity contribution in [2.24, 2.45) is 0 Å². The lowest BCUT2D eigenvalue weighted by Crippen LogP contribution is -2.15. The third-order valence-electron chi connectivity index (χ3n) is 3.74. The summed E-state index contributed by atoms with van der Waals surface area (Å²) in [6.07, 6.45) is 0. The van der Waals surface area contributed by atoms with Crippen LogP contribution in [0.4, 0.5) is 13.9 Å². The van der Waals surface area contributed by atoms with Crippen molar-refractivity contribution in [2.75, 3.05) is 18.5 Å². The minimum Gasteiger partial charge on any atom is -0.486 e. The molecule has 1 aliphatic heterocycles. The predicted molar refractivity (Wildman–Crippen MR) is 92.9 cm³/mol. The first-order valence-corrected chi connectivity index (χ1v) is 8.60. The average molecular weight is 374 g/mol. The number of carbonyl (C=O) groups is 1. The molecule has 26 heavy (non-hydrogen) atoms. The van der Waals surface area contributed by atoms with Gasteiger partial charge in [0.05, 0.1) is 11.3 Å². The molecular weight excluding hydrogens is 362 g/mol. The van der Waals surface area contributed by atoms with E-state index in [2.05, 4.69) is 10.3 Å². The summed E-state index contributed by atoms with van der Waals surface area (Å²) in [6.45, 7) is 0.990. The van der Waals surface area contributed by atoms with E-state index in [0.717, 1.165) is 23.8 Å². The second-order valence-electron chi connectivity index (χ2n) is 5.47. The van der Waals surface area contributed by atoms with Crippen molar-refractivity contribution >= 4 is 22.4 Å². The SMILES string of the molecule is O=C(Nc1nc(-c2ccc3c(c2)OCCO3)cs1)c1cc(F)ccc1F. The van der Waals surface area contributed by atoms with Crippen LogP contribution in [0.2, 0.25) is 0 Å². The van der Waals surface area contributed by atoms with Gasteiger partial charge in [0, 0.05) is 10.9 Å². The summed E-state index contributed by atoms with van der Waals surface area (Å²) in [7, 11) is 0. The van der Waals surface area contributed by atoms with Crippen LogP contribution in [0.15, 0.2) is 41.8 Å². The first kappa shape index (κ1) is 16.5. The summed E-state index contributed by atoms with van der Waals surface area (Å²) in [4.78, 5) is 16.5. The molecule has 1 aromatic heterocycles. The molecule has 0 bridgehead atoms. The number of fused-ring (bicyclic) bond motifs is 1. The summed E-state index contributed by atoms with van der Waals surface area (Å²) in [5.41, 5.74) is 1.05. The number of ether oxygens (including phenoxy) is 2. The number of nitrogens with one attached hydrogen (secondary N) is 1. The van der Waals surface area contributed by atoms with E-state index in [9.17, 15) is 13.6 Å². The van der Waals surface area contributed by atoms with Crippen molar-refractivity contribution in [3.8, 4) is 22.8 Å². The van der Waals surface area contributed by atoms with Crippen molar-refractivity contribution in [3.63, 3.8) is 0 Å². The molecule has 0 saturated carbocycles. The van der Waals surface area contributed by atoms with Gasteiger partial charge in [-0.3, -0.25) is 10.1 Å². The Kier molecular flexibility index (Phi) is 4.26. The number of nitrogens with zero attached hydrogens (tertiary/aromatic N) is 1. The summed E-state index contributed by atoms with van der Waals surface area (Å²) in [6, 6.07) is 8.15. The minimum atomic E-state index is -0.799. The van der Waals surface area contributed by atoms with E-state index >= 15 is 0 Å². The van der Waals surface area contributed by atoms with E-state index < -0.39 is 17.5 Å². The van der Waals surface area contributed by atoms with Crippen LogP contribution < -0.4 is 14.8 Å². The lowest BCUT2D eigenvalue weighted by molar-refractivity contribution is 0.102. The molecule has 2 aromatic carbocycles. The molecule has 4 rings (SSSR count). The highest BCUT2D eigenvalue weighted by atomic mass is 32.1. The standard InChI is InChI=1S/C18H12F2N2O3S/c19-11-2-3-13(20)12(8-11)17(23)22-18-21-14(9-26-18)10-1-4-15-16(7-10)25-6-5-24-15/h1-4,7-9H,5-6H2,(H,21,22,23). The monoisotopic (exact) mass is 374 g/mol. The number of hydrogen-bond donors (Lipinski definition) is 1. The zero-order chi connectivity index (χ0) is 18.1. The normalized spacial score (nSPS) is 12.7. The molecule has 0 unspecified atom stereocenters. The molecule has 0 spiro atoms. The quantitative estimate of drug-likeness (QED) is 0.749. The van der Waals surface area contributed by atoms with E-state index in [1.54, 1.807) is 17.5 Å². The molecule has 3 aromatic rings. The summed E-state index contributed by atoms with van der Waals surface area (Å²) >= 11 is 1.18. The van der Waals surface area contributed by atoms with Crippen LogP contribution >= 0.6 is 11.3 Å². The lowest BCUT2D eigenvalue weighted by Gasteiger charge is -2.18. The van der Waals surface area contributed by atoms with Gasteiger partial charge in [-0.05, 0) is 36.4 Å². The third-order valence-corrected chi connectivity index (χ3v) is 4.49. The van der Waals surface area contributed by atoms with E-state index in [1.165, 1.54) is 11.3 Å². The second kappa shape index (κ2) is 6.72. The number of aromatic nitrogens is 1. The van der Waals surface area contributed by atoms with Gasteiger partial charge in [-0.1, -0.05) is 0 Å². The predicted octanol–water partition coefficient (Wildman–Crippen LogP) is 4.11. The summed E-state index contributed by atoms with van der Waals surface area (Å²) in [5.74, 6) is -0.940. The van der Waals surface area contributed by atoms with Crippen molar-refractivity contribution in [3.05, 3.63) is 59.0 Å². The van der Waals surface area contributed by atoms with Gasteiger partial charge in [0.25, 0.3) is 5.91 Å². The van der Waals surface area contributed by atoms with Crippen molar-refractivity contribution in [2.45, 2.75) is 0 Å². The topological polar surface area (TPSA) is 60.5 Å². The molecule has 5 nitrogen and oxygen atoms in total. The fourth-order valence-corrected chi connectivity index (χ4v) is 3.22. The Bertz CT molecular complexity index is 990. The van der Waals surface area contributed by atoms with Gasteiger partial charge in [0.2, 0.25) is 0 Å². The molecular formula is C18H12F2N2O3S. The number of halogens is 2. The van der Waals surface area contributed by atoms with Crippen LogP contribution in [-0.4, -0.2) is 24.1 Å². The van der Waals surface area contributed by atoms with Crippen LogP contribution in [0.1, 0.15) is 10.4 Å². The molecule has 0 atom stereocenters. The number of rotatable bonds is 3. The van der Waals surface area contributed by atoms with Gasteiger partial charge in [-0.25, -0.2) is 13.8 Å². The fraction of sp³-hybridized carbons (Fsp3) is 0.111. The maximum Gasteiger partial charge on any atom is 0.260 e. The Balaban J connectivity index is 1.55. The van der Waals surface area contributed by atoms with E-state index in [1.807, 2.05) is 6.07 Å². The highest BCUT2D eigenvalue weighted by Crippen LogP contribution is 2.35. The number of carbonyl (C=O) groups excluding carboxylic acids is 1. The van der Waals surface area contributed by atoms with Gasteiger partial charge in [-0.2, -0.15) is 0 Å². The number of thiazole rings is 1. The van der Waals surface area contributed by atoms with Crippen LogP contribution in [0.25, 0.3) is 11.3 Å². The highest BCUT2D eigenvalue weighted by molar-refractivity contribution is 7.14. The van der Waals surface area contributed by atoms with Crippen LogP contribution in [0.5, 0.6) is 11.5 Å². The maximum atomic E-state index is 13.7. The van der Waals surface area contributed by atoms with Gasteiger partial charge >= 0.3 is 0 Å². The van der Waals surface area contributed by atoms with E-state index in [-0.39, 0.29) is 10.7 Å². The Morgan fingerprint density at radius 1 is 1.08 bits per heavy atom. The molecule has 132 valence electrons. The van der Waals surface area contributed by atoms with Crippen molar-refractivity contribution in [1.29, 1.82) is 0 Å². The highest BCUT2D eigenvalue weighted by Gasteiger charge is 2.16. The van der Waals surface area contributed by atoms with Crippen LogP contribution in [0.3, 0.4) is 0 Å². The molecule has 1 amide bonds. The largest absolute Gasteiger partial charge is 0.486 e. The smallest absolute Gasteiger partial charge is 0.260 e. The van der Waals surface area contributed by atoms with Gasteiger partial charge in [0.1, 0.15) is 24.8 Å². The minimum absolute atomic E-state index is 0.281. The van der Waals surface area contributed by atoms with Gasteiger partial charge in [0.15, 0.2) is 16.6 Å². The average Bonchev–Trinajstić information content (AvgIpc) is 3.11. The van der Waals surface area contributed by atoms with E-state index in [0.29, 0.717) is 30.4 Å². The summed E-state index contributed by atoms with van der Waals surface area (Å²) in [5, 5.41) is 4.52. The van der Waals surface area contributed by atoms with Gasteiger partial charge in [-0.15, -0.1) is 11.3 Å².